The van der Waals surface area contributed by atoms with E-state index in [4.69, 9.17) is 29.6 Å². The van der Waals surface area contributed by atoms with E-state index < -0.39 is 10.0 Å². The molecule has 0 amide bonds. The lowest BCUT2D eigenvalue weighted by Gasteiger charge is -2.22. The Balaban J connectivity index is 2.18. The van der Waals surface area contributed by atoms with Gasteiger partial charge in [-0.15, -0.1) is 0 Å². The van der Waals surface area contributed by atoms with Crippen molar-refractivity contribution < 1.29 is 8.42 Å². The van der Waals surface area contributed by atoms with Crippen LogP contribution in [0.25, 0.3) is 0 Å². The molecule has 1 aliphatic carbocycles. The molecule has 0 atom stereocenters. The van der Waals surface area contributed by atoms with Crippen molar-refractivity contribution >= 4 is 44.5 Å². The van der Waals surface area contributed by atoms with Gasteiger partial charge in [-0.25, -0.2) is 8.42 Å². The van der Waals surface area contributed by atoms with Gasteiger partial charge in [0.2, 0.25) is 10.0 Å². The molecule has 0 heterocycles. The number of sulfonamides is 1. The van der Waals surface area contributed by atoms with E-state index >= 15 is 0 Å². The summed E-state index contributed by atoms with van der Waals surface area (Å²) in [5, 5.41) is -0.0303. The molecule has 0 aromatic heterocycles. The van der Waals surface area contributed by atoms with Crippen LogP contribution in [0.2, 0.25) is 5.02 Å². The number of hydrogen-bond acceptors (Lipinski definition) is 3. The standard InChI is InChI=1S/C13H17ClN2O2S2/c14-11-8-9(13(15)19)6-7-12(11)16-20(17,18)10-4-2-1-3-5-10/h6-8,10,16H,1-5H2,(H2,15,19). The molecule has 7 heteroatoms. The molecule has 1 aromatic rings. The third-order valence-electron chi connectivity index (χ3n) is 3.50. The van der Waals surface area contributed by atoms with E-state index in [1.807, 2.05) is 0 Å². The molecular weight excluding hydrogens is 316 g/mol. The zero-order valence-corrected chi connectivity index (χ0v) is 13.3. The second-order valence-corrected chi connectivity index (χ2v) is 7.77. The number of benzene rings is 1. The monoisotopic (exact) mass is 332 g/mol. The smallest absolute Gasteiger partial charge is 0.235 e. The van der Waals surface area contributed by atoms with Gasteiger partial charge < -0.3 is 5.73 Å². The van der Waals surface area contributed by atoms with Crippen LogP contribution < -0.4 is 10.5 Å². The Morgan fingerprint density at radius 3 is 2.50 bits per heavy atom. The van der Waals surface area contributed by atoms with Gasteiger partial charge in [0.15, 0.2) is 0 Å². The van der Waals surface area contributed by atoms with Crippen LogP contribution in [-0.4, -0.2) is 18.7 Å². The molecule has 0 aliphatic heterocycles. The van der Waals surface area contributed by atoms with Gasteiger partial charge in [-0.05, 0) is 31.0 Å². The Hall–Kier alpha value is -0.850. The van der Waals surface area contributed by atoms with E-state index in [2.05, 4.69) is 4.72 Å². The fourth-order valence-corrected chi connectivity index (χ4v) is 4.38. The lowest BCUT2D eigenvalue weighted by atomic mass is 10.0. The molecule has 1 fully saturated rings. The molecule has 1 saturated carbocycles. The van der Waals surface area contributed by atoms with Crippen LogP contribution in [0.3, 0.4) is 0 Å². The van der Waals surface area contributed by atoms with E-state index in [0.717, 1.165) is 19.3 Å². The minimum atomic E-state index is -3.39. The van der Waals surface area contributed by atoms with Crippen LogP contribution in [-0.2, 0) is 10.0 Å². The van der Waals surface area contributed by atoms with Crippen LogP contribution in [0.5, 0.6) is 0 Å². The largest absolute Gasteiger partial charge is 0.389 e. The van der Waals surface area contributed by atoms with Crippen LogP contribution in [0.4, 0.5) is 5.69 Å². The van der Waals surface area contributed by atoms with Crippen molar-refractivity contribution in [2.45, 2.75) is 37.4 Å². The van der Waals surface area contributed by atoms with Crippen molar-refractivity contribution in [2.24, 2.45) is 5.73 Å². The Kier molecular flexibility index (Phi) is 4.88. The maximum atomic E-state index is 12.3. The fraction of sp³-hybridized carbons (Fsp3) is 0.462. The van der Waals surface area contributed by atoms with Crippen molar-refractivity contribution in [1.82, 2.24) is 0 Å². The first-order valence-electron chi connectivity index (χ1n) is 6.51. The molecule has 0 saturated heterocycles. The molecular formula is C13H17ClN2O2S2. The first-order valence-corrected chi connectivity index (χ1v) is 8.84. The Labute approximate surface area is 129 Å². The van der Waals surface area contributed by atoms with Crippen LogP contribution in [0, 0.1) is 0 Å². The van der Waals surface area contributed by atoms with E-state index in [-0.39, 0.29) is 10.2 Å². The van der Waals surface area contributed by atoms with Crippen molar-refractivity contribution in [1.29, 1.82) is 0 Å². The SMILES string of the molecule is NC(=S)c1ccc(NS(=O)(=O)C2CCCCC2)c(Cl)c1. The molecule has 0 unspecified atom stereocenters. The number of nitrogens with one attached hydrogen (secondary N) is 1. The first kappa shape index (κ1) is 15.5. The molecule has 4 nitrogen and oxygen atoms in total. The minimum absolute atomic E-state index is 0.230. The number of halogens is 1. The highest BCUT2D eigenvalue weighted by molar-refractivity contribution is 7.93. The Bertz CT molecular complexity index is 611. The summed E-state index contributed by atoms with van der Waals surface area (Å²) in [6, 6.07) is 4.83. The summed E-state index contributed by atoms with van der Waals surface area (Å²) in [5.41, 5.74) is 6.50. The highest BCUT2D eigenvalue weighted by Gasteiger charge is 2.27. The van der Waals surface area contributed by atoms with Crippen molar-refractivity contribution in [3.05, 3.63) is 28.8 Å². The molecule has 0 bridgehead atoms. The fourth-order valence-electron chi connectivity index (χ4n) is 2.36. The van der Waals surface area contributed by atoms with Gasteiger partial charge in [0.25, 0.3) is 0 Å². The molecule has 0 radical (unpaired) electrons. The van der Waals surface area contributed by atoms with Crippen LogP contribution in [0.1, 0.15) is 37.7 Å². The number of hydrogen-bond donors (Lipinski definition) is 2. The van der Waals surface area contributed by atoms with E-state index in [1.165, 1.54) is 0 Å². The topological polar surface area (TPSA) is 72.2 Å². The minimum Gasteiger partial charge on any atom is -0.389 e. The molecule has 1 aromatic carbocycles. The quantitative estimate of drug-likeness (QED) is 0.831. The number of nitrogens with two attached hydrogens (primary N) is 1. The zero-order valence-electron chi connectivity index (χ0n) is 10.9. The second-order valence-electron chi connectivity index (χ2n) is 4.97. The third kappa shape index (κ3) is 3.62. The summed E-state index contributed by atoms with van der Waals surface area (Å²) in [5.74, 6) is 0. The van der Waals surface area contributed by atoms with Crippen LogP contribution >= 0.6 is 23.8 Å². The highest BCUT2D eigenvalue weighted by atomic mass is 35.5. The summed E-state index contributed by atoms with van der Waals surface area (Å²) < 4.78 is 27.2. The highest BCUT2D eigenvalue weighted by Crippen LogP contribution is 2.28. The number of thiocarbonyl (C=S) groups is 1. The lowest BCUT2D eigenvalue weighted by molar-refractivity contribution is 0.486. The van der Waals surface area contributed by atoms with E-state index in [1.54, 1.807) is 18.2 Å². The molecule has 1 aliphatic rings. The van der Waals surface area contributed by atoms with Crippen molar-refractivity contribution in [3.8, 4) is 0 Å². The molecule has 2 rings (SSSR count). The zero-order chi connectivity index (χ0) is 14.8. The summed E-state index contributed by atoms with van der Waals surface area (Å²) in [7, 11) is -3.39. The number of rotatable bonds is 4. The molecule has 110 valence electrons. The van der Waals surface area contributed by atoms with E-state index in [9.17, 15) is 8.42 Å². The third-order valence-corrected chi connectivity index (χ3v) is 5.90. The summed E-state index contributed by atoms with van der Waals surface area (Å²) >= 11 is 10.9. The normalized spacial score (nSPS) is 16.9. The average molecular weight is 333 g/mol. The van der Waals surface area contributed by atoms with Crippen molar-refractivity contribution in [3.63, 3.8) is 0 Å². The summed E-state index contributed by atoms with van der Waals surface area (Å²) in [6.45, 7) is 0. The van der Waals surface area contributed by atoms with Gasteiger partial charge in [-0.2, -0.15) is 0 Å². The predicted octanol–water partition coefficient (Wildman–Crippen LogP) is 3.05. The molecule has 0 spiro atoms. The van der Waals surface area contributed by atoms with E-state index in [0.29, 0.717) is 29.1 Å². The maximum Gasteiger partial charge on any atom is 0.235 e. The van der Waals surface area contributed by atoms with Gasteiger partial charge in [0, 0.05) is 5.56 Å². The van der Waals surface area contributed by atoms with Crippen LogP contribution in [0.15, 0.2) is 18.2 Å². The van der Waals surface area contributed by atoms with Gasteiger partial charge in [-0.3, -0.25) is 4.72 Å². The summed E-state index contributed by atoms with van der Waals surface area (Å²) in [6.07, 6.45) is 4.44. The predicted molar refractivity (Wildman–Crippen MR) is 86.8 cm³/mol. The molecule has 20 heavy (non-hydrogen) atoms. The Morgan fingerprint density at radius 1 is 1.30 bits per heavy atom. The summed E-state index contributed by atoms with van der Waals surface area (Å²) in [4.78, 5) is 0.230. The van der Waals surface area contributed by atoms with Gasteiger partial charge in [0.1, 0.15) is 4.99 Å². The lowest BCUT2D eigenvalue weighted by Crippen LogP contribution is -2.29. The Morgan fingerprint density at radius 2 is 1.95 bits per heavy atom. The van der Waals surface area contributed by atoms with Crippen molar-refractivity contribution in [2.75, 3.05) is 4.72 Å². The van der Waals surface area contributed by atoms with Gasteiger partial charge in [0.05, 0.1) is 16.0 Å². The maximum absolute atomic E-state index is 12.3. The number of anilines is 1. The average Bonchev–Trinajstić information content (AvgIpc) is 2.41. The van der Waals surface area contributed by atoms with Gasteiger partial charge in [-0.1, -0.05) is 43.1 Å². The molecule has 3 N–H and O–H groups in total. The second kappa shape index (κ2) is 6.28. The van der Waals surface area contributed by atoms with Gasteiger partial charge >= 0.3 is 0 Å². The first-order chi connectivity index (χ1) is 9.40.